The van der Waals surface area contributed by atoms with Gasteiger partial charge in [0.2, 0.25) is 5.91 Å². The summed E-state index contributed by atoms with van der Waals surface area (Å²) in [5.74, 6) is -0.858. The molecule has 0 atom stereocenters. The third kappa shape index (κ3) is 5.11. The highest BCUT2D eigenvalue weighted by Crippen LogP contribution is 2.33. The minimum atomic E-state index is -0.989. The summed E-state index contributed by atoms with van der Waals surface area (Å²) in [6.07, 6.45) is 1.51. The molecule has 23 heavy (non-hydrogen) atoms. The Morgan fingerprint density at radius 3 is 2.57 bits per heavy atom. The molecule has 0 aliphatic rings. The van der Waals surface area contributed by atoms with E-state index in [9.17, 15) is 9.59 Å². The van der Waals surface area contributed by atoms with E-state index in [2.05, 4.69) is 26.3 Å². The van der Waals surface area contributed by atoms with Crippen LogP contribution in [0.15, 0.2) is 45.9 Å². The molecular weight excluding hydrogens is 382 g/mol. The zero-order chi connectivity index (χ0) is 17.0. The van der Waals surface area contributed by atoms with Gasteiger partial charge in [-0.15, -0.1) is 11.8 Å². The Kier molecular flexibility index (Phi) is 5.48. The molecule has 0 saturated carbocycles. The van der Waals surface area contributed by atoms with Crippen LogP contribution in [0.5, 0.6) is 0 Å². The van der Waals surface area contributed by atoms with Crippen LogP contribution < -0.4 is 5.32 Å². The molecule has 0 radical (unpaired) electrons. The van der Waals surface area contributed by atoms with Gasteiger partial charge in [-0.1, -0.05) is 15.9 Å². The molecule has 0 unspecified atom stereocenters. The highest BCUT2D eigenvalue weighted by molar-refractivity contribution is 9.10. The van der Waals surface area contributed by atoms with Crippen molar-refractivity contribution in [1.29, 1.82) is 0 Å². The number of halogens is 1. The van der Waals surface area contributed by atoms with E-state index in [-0.39, 0.29) is 12.5 Å². The van der Waals surface area contributed by atoms with Gasteiger partial charge in [0.15, 0.2) is 5.82 Å². The first-order valence-electron chi connectivity index (χ1n) is 6.77. The lowest BCUT2D eigenvalue weighted by atomic mass is 10.2. The van der Waals surface area contributed by atoms with Gasteiger partial charge in [0, 0.05) is 21.6 Å². The largest absolute Gasteiger partial charge is 0.480 e. The number of nitrogens with zero attached hydrogens (tertiary/aromatic N) is 2. The predicted molar refractivity (Wildman–Crippen MR) is 92.6 cm³/mol. The zero-order valence-electron chi connectivity index (χ0n) is 12.6. The molecule has 8 heteroatoms. The van der Waals surface area contributed by atoms with Crippen LogP contribution in [-0.2, 0) is 16.1 Å². The maximum absolute atomic E-state index is 12.4. The van der Waals surface area contributed by atoms with Gasteiger partial charge in [-0.2, -0.15) is 5.10 Å². The zero-order valence-corrected chi connectivity index (χ0v) is 15.0. The molecule has 1 aromatic heterocycles. The SMILES string of the molecule is CC(C)(Sc1ccc(Br)cc1)C(=O)Nc1ccn(CC(=O)O)n1. The van der Waals surface area contributed by atoms with Crippen molar-refractivity contribution >= 4 is 45.4 Å². The van der Waals surface area contributed by atoms with E-state index in [4.69, 9.17) is 5.11 Å². The first kappa shape index (κ1) is 17.6. The lowest BCUT2D eigenvalue weighted by Crippen LogP contribution is -2.34. The Hall–Kier alpha value is -1.80. The predicted octanol–water partition coefficient (Wildman–Crippen LogP) is 3.24. The minimum Gasteiger partial charge on any atom is -0.480 e. The maximum Gasteiger partial charge on any atom is 0.325 e. The number of carbonyl (C=O) groups is 2. The number of aliphatic carboxylic acids is 1. The fraction of sp³-hybridized carbons (Fsp3) is 0.267. The smallest absolute Gasteiger partial charge is 0.325 e. The standard InChI is InChI=1S/C15H16BrN3O3S/c1-15(2,23-11-5-3-10(16)4-6-11)14(22)17-12-7-8-19(18-12)9-13(20)21/h3-8H,9H2,1-2H3,(H,20,21)(H,17,18,22). The molecule has 2 aromatic rings. The Labute approximate surface area is 146 Å². The summed E-state index contributed by atoms with van der Waals surface area (Å²) in [4.78, 5) is 24.0. The summed E-state index contributed by atoms with van der Waals surface area (Å²) in [7, 11) is 0. The third-order valence-corrected chi connectivity index (χ3v) is 4.65. The van der Waals surface area contributed by atoms with E-state index in [1.807, 2.05) is 38.1 Å². The normalized spacial score (nSPS) is 11.3. The van der Waals surface area contributed by atoms with Gasteiger partial charge >= 0.3 is 5.97 Å². The number of carbonyl (C=O) groups excluding carboxylic acids is 1. The molecule has 6 nitrogen and oxygen atoms in total. The van der Waals surface area contributed by atoms with Crippen molar-refractivity contribution in [2.24, 2.45) is 0 Å². The second-order valence-electron chi connectivity index (χ2n) is 5.31. The van der Waals surface area contributed by atoms with E-state index in [0.29, 0.717) is 5.82 Å². The van der Waals surface area contributed by atoms with Crippen molar-refractivity contribution in [2.75, 3.05) is 5.32 Å². The molecule has 0 spiro atoms. The van der Waals surface area contributed by atoms with Gasteiger partial charge < -0.3 is 10.4 Å². The number of amides is 1. The summed E-state index contributed by atoms with van der Waals surface area (Å²) in [5.41, 5.74) is 0. The average Bonchev–Trinajstić information content (AvgIpc) is 2.87. The first-order chi connectivity index (χ1) is 10.8. The number of carboxylic acids is 1. The number of thioether (sulfide) groups is 1. The van der Waals surface area contributed by atoms with Crippen LogP contribution in [0.2, 0.25) is 0 Å². The second-order valence-corrected chi connectivity index (χ2v) is 7.92. The number of benzene rings is 1. The first-order valence-corrected chi connectivity index (χ1v) is 8.38. The second kappa shape index (κ2) is 7.18. The summed E-state index contributed by atoms with van der Waals surface area (Å²) < 4.78 is 1.53. The summed E-state index contributed by atoms with van der Waals surface area (Å²) in [5, 5.41) is 15.4. The third-order valence-electron chi connectivity index (χ3n) is 2.91. The molecule has 2 rings (SSSR count). The van der Waals surface area contributed by atoms with E-state index in [1.54, 1.807) is 6.07 Å². The van der Waals surface area contributed by atoms with E-state index in [0.717, 1.165) is 9.37 Å². The van der Waals surface area contributed by atoms with Crippen LogP contribution in [0, 0.1) is 0 Å². The minimum absolute atomic E-state index is 0.203. The summed E-state index contributed by atoms with van der Waals surface area (Å²) >= 11 is 4.81. The number of nitrogens with one attached hydrogen (secondary N) is 1. The molecule has 1 amide bonds. The van der Waals surface area contributed by atoms with Crippen molar-refractivity contribution in [2.45, 2.75) is 30.0 Å². The van der Waals surface area contributed by atoms with Gasteiger partial charge in [-0.05, 0) is 38.1 Å². The van der Waals surface area contributed by atoms with Crippen molar-refractivity contribution in [3.8, 4) is 0 Å². The van der Waals surface area contributed by atoms with Crippen LogP contribution in [0.3, 0.4) is 0 Å². The fourth-order valence-electron chi connectivity index (χ4n) is 1.77. The monoisotopic (exact) mass is 397 g/mol. The summed E-state index contributed by atoms with van der Waals surface area (Å²) in [6.45, 7) is 3.40. The number of anilines is 1. The highest BCUT2D eigenvalue weighted by atomic mass is 79.9. The number of hydrogen-bond donors (Lipinski definition) is 2. The number of carboxylic acid groups (broad SMARTS) is 1. The van der Waals surface area contributed by atoms with Gasteiger partial charge in [0.1, 0.15) is 6.54 Å². The van der Waals surface area contributed by atoms with Gasteiger partial charge in [0.25, 0.3) is 0 Å². The molecule has 1 aromatic carbocycles. The Morgan fingerprint density at radius 1 is 1.30 bits per heavy atom. The summed E-state index contributed by atoms with van der Waals surface area (Å²) in [6, 6.07) is 9.28. The number of hydrogen-bond acceptors (Lipinski definition) is 4. The quantitative estimate of drug-likeness (QED) is 0.730. The van der Waals surface area contributed by atoms with Crippen molar-refractivity contribution in [1.82, 2.24) is 9.78 Å². The van der Waals surface area contributed by atoms with Crippen LogP contribution in [-0.4, -0.2) is 31.5 Å². The van der Waals surface area contributed by atoms with Crippen LogP contribution in [0.4, 0.5) is 5.82 Å². The van der Waals surface area contributed by atoms with E-state index < -0.39 is 10.7 Å². The number of aromatic nitrogens is 2. The molecule has 0 bridgehead atoms. The lowest BCUT2D eigenvalue weighted by Gasteiger charge is -2.22. The van der Waals surface area contributed by atoms with Crippen molar-refractivity contribution in [3.05, 3.63) is 41.0 Å². The van der Waals surface area contributed by atoms with Crippen LogP contribution >= 0.6 is 27.7 Å². The Balaban J connectivity index is 2.01. The van der Waals surface area contributed by atoms with Gasteiger partial charge in [0.05, 0.1) is 4.75 Å². The average molecular weight is 398 g/mol. The number of rotatable bonds is 6. The van der Waals surface area contributed by atoms with Crippen LogP contribution in [0.25, 0.3) is 0 Å². The van der Waals surface area contributed by atoms with Crippen molar-refractivity contribution < 1.29 is 14.7 Å². The lowest BCUT2D eigenvalue weighted by molar-refractivity contribution is -0.137. The maximum atomic E-state index is 12.4. The van der Waals surface area contributed by atoms with Crippen molar-refractivity contribution in [3.63, 3.8) is 0 Å². The topological polar surface area (TPSA) is 84.2 Å². The Bertz CT molecular complexity index is 713. The van der Waals surface area contributed by atoms with E-state index in [1.165, 1.54) is 22.6 Å². The fourth-order valence-corrected chi connectivity index (χ4v) is 3.03. The molecular formula is C15H16BrN3O3S. The molecule has 122 valence electrons. The molecule has 0 fully saturated rings. The van der Waals surface area contributed by atoms with E-state index >= 15 is 0 Å². The molecule has 2 N–H and O–H groups in total. The Morgan fingerprint density at radius 2 is 1.96 bits per heavy atom. The molecule has 0 saturated heterocycles. The van der Waals surface area contributed by atoms with Crippen LogP contribution in [0.1, 0.15) is 13.8 Å². The van der Waals surface area contributed by atoms with Gasteiger partial charge in [-0.3, -0.25) is 14.3 Å². The molecule has 1 heterocycles. The molecule has 0 aliphatic carbocycles. The van der Waals surface area contributed by atoms with Gasteiger partial charge in [-0.25, -0.2) is 0 Å². The highest BCUT2D eigenvalue weighted by Gasteiger charge is 2.29. The molecule has 0 aliphatic heterocycles.